The Balaban J connectivity index is 2.89. The molecule has 0 saturated carbocycles. The lowest BCUT2D eigenvalue weighted by atomic mass is 10.0. The van der Waals surface area contributed by atoms with Gasteiger partial charge in [-0.3, -0.25) is 0 Å². The van der Waals surface area contributed by atoms with Crippen molar-refractivity contribution in [2.24, 2.45) is 11.7 Å². The van der Waals surface area contributed by atoms with E-state index >= 15 is 0 Å². The van der Waals surface area contributed by atoms with Crippen molar-refractivity contribution in [2.75, 3.05) is 13.2 Å². The predicted octanol–water partition coefficient (Wildman–Crippen LogP) is 1.13. The topological polar surface area (TPSA) is 46.2 Å². The molecule has 0 rings (SSSR count). The first-order chi connectivity index (χ1) is 4.81. The lowest BCUT2D eigenvalue weighted by Gasteiger charge is -2.06. The van der Waals surface area contributed by atoms with Crippen LogP contribution in [-0.2, 0) is 0 Å². The number of aliphatic hydroxyl groups excluding tert-OH is 1. The Bertz CT molecular complexity index is 66.3. The number of rotatable bonds is 6. The van der Waals surface area contributed by atoms with Gasteiger partial charge in [0.05, 0.1) is 0 Å². The van der Waals surface area contributed by atoms with E-state index in [9.17, 15) is 0 Å². The second kappa shape index (κ2) is 7.03. The molecule has 0 fully saturated rings. The summed E-state index contributed by atoms with van der Waals surface area (Å²) in [6, 6.07) is 0. The molecule has 0 spiro atoms. The number of unbranched alkanes of at least 4 members (excludes halogenated alkanes) is 2. The third-order valence-electron chi connectivity index (χ3n) is 1.76. The van der Waals surface area contributed by atoms with Crippen LogP contribution in [0.25, 0.3) is 0 Å². The molecule has 0 aromatic rings. The maximum absolute atomic E-state index is 8.46. The molecule has 0 aliphatic rings. The molecule has 2 nitrogen and oxygen atoms in total. The van der Waals surface area contributed by atoms with E-state index in [0.29, 0.717) is 12.5 Å². The van der Waals surface area contributed by atoms with Gasteiger partial charge >= 0.3 is 0 Å². The Labute approximate surface area is 63.4 Å². The molecular formula is C8H19NO. The van der Waals surface area contributed by atoms with Gasteiger partial charge in [0, 0.05) is 6.61 Å². The van der Waals surface area contributed by atoms with Crippen LogP contribution in [0.1, 0.15) is 32.6 Å². The molecule has 0 saturated heterocycles. The zero-order valence-corrected chi connectivity index (χ0v) is 6.84. The van der Waals surface area contributed by atoms with Crippen molar-refractivity contribution >= 4 is 0 Å². The van der Waals surface area contributed by atoms with Crippen molar-refractivity contribution in [1.82, 2.24) is 0 Å². The zero-order valence-electron chi connectivity index (χ0n) is 6.84. The van der Waals surface area contributed by atoms with Crippen LogP contribution in [0.4, 0.5) is 0 Å². The van der Waals surface area contributed by atoms with Crippen molar-refractivity contribution in [3.05, 3.63) is 0 Å². The monoisotopic (exact) mass is 145 g/mol. The largest absolute Gasteiger partial charge is 0.396 e. The predicted molar refractivity (Wildman–Crippen MR) is 43.8 cm³/mol. The first kappa shape index (κ1) is 9.92. The molecule has 0 aliphatic carbocycles. The normalized spacial score (nSPS) is 13.5. The van der Waals surface area contributed by atoms with E-state index in [4.69, 9.17) is 10.8 Å². The summed E-state index contributed by atoms with van der Waals surface area (Å²) in [5.74, 6) is 0.652. The molecule has 62 valence electrons. The summed E-state index contributed by atoms with van der Waals surface area (Å²) >= 11 is 0. The Morgan fingerprint density at radius 2 is 2.00 bits per heavy atom. The SMILES string of the molecule is CC(CN)CCCCCO. The molecule has 0 radical (unpaired) electrons. The van der Waals surface area contributed by atoms with Crippen molar-refractivity contribution in [3.63, 3.8) is 0 Å². The van der Waals surface area contributed by atoms with Crippen LogP contribution < -0.4 is 5.73 Å². The fraction of sp³-hybridized carbons (Fsp3) is 1.00. The minimum absolute atomic E-state index is 0.330. The van der Waals surface area contributed by atoms with Crippen LogP contribution in [0.5, 0.6) is 0 Å². The van der Waals surface area contributed by atoms with Crippen LogP contribution in [0.3, 0.4) is 0 Å². The first-order valence-electron chi connectivity index (χ1n) is 4.12. The van der Waals surface area contributed by atoms with Crippen molar-refractivity contribution in [3.8, 4) is 0 Å². The van der Waals surface area contributed by atoms with Gasteiger partial charge in [-0.1, -0.05) is 19.8 Å². The molecule has 0 aliphatic heterocycles. The van der Waals surface area contributed by atoms with Crippen LogP contribution in [0.2, 0.25) is 0 Å². The highest BCUT2D eigenvalue weighted by molar-refractivity contribution is 4.52. The molecule has 0 aromatic heterocycles. The van der Waals surface area contributed by atoms with Crippen molar-refractivity contribution in [1.29, 1.82) is 0 Å². The maximum Gasteiger partial charge on any atom is 0.0431 e. The van der Waals surface area contributed by atoms with Crippen LogP contribution in [0.15, 0.2) is 0 Å². The van der Waals surface area contributed by atoms with Gasteiger partial charge in [0.2, 0.25) is 0 Å². The quantitative estimate of drug-likeness (QED) is 0.550. The van der Waals surface area contributed by atoms with E-state index in [0.717, 1.165) is 19.4 Å². The van der Waals surface area contributed by atoms with Gasteiger partial charge in [0.15, 0.2) is 0 Å². The molecule has 2 heteroatoms. The van der Waals surface area contributed by atoms with Crippen molar-refractivity contribution in [2.45, 2.75) is 32.6 Å². The Kier molecular flexibility index (Phi) is 6.98. The lowest BCUT2D eigenvalue weighted by Crippen LogP contribution is -2.10. The second-order valence-corrected chi connectivity index (χ2v) is 2.91. The van der Waals surface area contributed by atoms with Crippen LogP contribution in [0, 0.1) is 5.92 Å². The molecule has 3 N–H and O–H groups in total. The Hall–Kier alpha value is -0.0800. The van der Waals surface area contributed by atoms with Crippen LogP contribution in [-0.4, -0.2) is 18.3 Å². The molecule has 10 heavy (non-hydrogen) atoms. The number of nitrogens with two attached hydrogens (primary N) is 1. The van der Waals surface area contributed by atoms with Gasteiger partial charge in [-0.15, -0.1) is 0 Å². The van der Waals surface area contributed by atoms with Gasteiger partial charge in [0.1, 0.15) is 0 Å². The molecular weight excluding hydrogens is 126 g/mol. The van der Waals surface area contributed by atoms with E-state index in [1.54, 1.807) is 0 Å². The third-order valence-corrected chi connectivity index (χ3v) is 1.76. The average Bonchev–Trinajstić information content (AvgIpc) is 1.98. The fourth-order valence-corrected chi connectivity index (χ4v) is 0.899. The maximum atomic E-state index is 8.46. The summed E-state index contributed by atoms with van der Waals surface area (Å²) in [5.41, 5.74) is 5.44. The number of hydrogen-bond donors (Lipinski definition) is 2. The van der Waals surface area contributed by atoms with Gasteiger partial charge < -0.3 is 10.8 Å². The van der Waals surface area contributed by atoms with Crippen molar-refractivity contribution < 1.29 is 5.11 Å². The molecule has 0 heterocycles. The van der Waals surface area contributed by atoms with Gasteiger partial charge in [-0.05, 0) is 25.3 Å². The van der Waals surface area contributed by atoms with E-state index in [1.165, 1.54) is 12.8 Å². The number of hydrogen-bond acceptors (Lipinski definition) is 2. The summed E-state index contributed by atoms with van der Waals surface area (Å²) in [4.78, 5) is 0. The van der Waals surface area contributed by atoms with Gasteiger partial charge in [-0.25, -0.2) is 0 Å². The fourth-order valence-electron chi connectivity index (χ4n) is 0.899. The Morgan fingerprint density at radius 3 is 2.50 bits per heavy atom. The van der Waals surface area contributed by atoms with E-state index < -0.39 is 0 Å². The Morgan fingerprint density at radius 1 is 1.30 bits per heavy atom. The molecule has 1 atom stereocenters. The molecule has 1 unspecified atom stereocenters. The van der Waals surface area contributed by atoms with E-state index in [-0.39, 0.29) is 0 Å². The van der Waals surface area contributed by atoms with E-state index in [1.807, 2.05) is 0 Å². The highest BCUT2D eigenvalue weighted by atomic mass is 16.2. The molecule has 0 aromatic carbocycles. The summed E-state index contributed by atoms with van der Waals surface area (Å²) in [6.45, 7) is 3.29. The first-order valence-corrected chi connectivity index (χ1v) is 4.12. The third kappa shape index (κ3) is 6.05. The lowest BCUT2D eigenvalue weighted by molar-refractivity contribution is 0.281. The zero-order chi connectivity index (χ0) is 7.82. The second-order valence-electron chi connectivity index (χ2n) is 2.91. The van der Waals surface area contributed by atoms with E-state index in [2.05, 4.69) is 6.92 Å². The highest BCUT2D eigenvalue weighted by Crippen LogP contribution is 2.06. The molecule has 0 bridgehead atoms. The van der Waals surface area contributed by atoms with Gasteiger partial charge in [-0.2, -0.15) is 0 Å². The average molecular weight is 145 g/mol. The summed E-state index contributed by atoms with van der Waals surface area (Å²) in [7, 11) is 0. The van der Waals surface area contributed by atoms with Crippen LogP contribution >= 0.6 is 0 Å². The smallest absolute Gasteiger partial charge is 0.0431 e. The molecule has 0 amide bonds. The summed E-state index contributed by atoms with van der Waals surface area (Å²) in [5, 5.41) is 8.46. The summed E-state index contributed by atoms with van der Waals surface area (Å²) in [6.07, 6.45) is 4.49. The standard InChI is InChI=1S/C8H19NO/c1-8(7-9)5-3-2-4-6-10/h8,10H,2-7,9H2,1H3. The minimum Gasteiger partial charge on any atom is -0.396 e. The summed E-state index contributed by atoms with van der Waals surface area (Å²) < 4.78 is 0. The minimum atomic E-state index is 0.330. The number of aliphatic hydroxyl groups is 1. The van der Waals surface area contributed by atoms with Gasteiger partial charge in [0.25, 0.3) is 0 Å². The highest BCUT2D eigenvalue weighted by Gasteiger charge is 1.97.